The number of hydrogen-bond acceptors (Lipinski definition) is 4. The Morgan fingerprint density at radius 2 is 1.85 bits per heavy atom. The molecule has 1 aliphatic heterocycles. The summed E-state index contributed by atoms with van der Waals surface area (Å²) >= 11 is 3.43. The molecule has 134 valence electrons. The lowest BCUT2D eigenvalue weighted by Gasteiger charge is -2.35. The van der Waals surface area contributed by atoms with Crippen molar-refractivity contribution in [3.8, 4) is 5.75 Å². The second-order valence-electron chi connectivity index (χ2n) is 6.46. The Morgan fingerprint density at radius 1 is 1.15 bits per heavy atom. The van der Waals surface area contributed by atoms with Crippen LogP contribution in [0.3, 0.4) is 0 Å². The maximum absolute atomic E-state index is 13.2. The van der Waals surface area contributed by atoms with Crippen molar-refractivity contribution in [3.63, 3.8) is 0 Å². The summed E-state index contributed by atoms with van der Waals surface area (Å²) in [6.45, 7) is 3.28. The summed E-state index contributed by atoms with van der Waals surface area (Å²) in [6, 6.07) is 14.3. The largest absolute Gasteiger partial charge is 0.426 e. The van der Waals surface area contributed by atoms with E-state index in [9.17, 15) is 14.4 Å². The van der Waals surface area contributed by atoms with Gasteiger partial charge in [0.05, 0.1) is 0 Å². The second kappa shape index (κ2) is 7.54. The van der Waals surface area contributed by atoms with E-state index in [0.717, 1.165) is 10.0 Å². The topological polar surface area (TPSA) is 60.4 Å². The minimum atomic E-state index is -0.977. The van der Waals surface area contributed by atoms with Gasteiger partial charge in [0.15, 0.2) is 5.78 Å². The summed E-state index contributed by atoms with van der Waals surface area (Å²) in [5.41, 5.74) is 1.30. The zero-order valence-corrected chi connectivity index (χ0v) is 16.2. The van der Waals surface area contributed by atoms with Crippen LogP contribution in [-0.2, 0) is 9.59 Å². The molecule has 4 nitrogen and oxygen atoms in total. The molecule has 1 aliphatic rings. The molecule has 0 fully saturated rings. The van der Waals surface area contributed by atoms with Crippen molar-refractivity contribution >= 4 is 33.5 Å². The molecular weight excluding hydrogens is 396 g/mol. The van der Waals surface area contributed by atoms with E-state index < -0.39 is 23.7 Å². The average Bonchev–Trinajstić information content (AvgIpc) is 2.63. The molecule has 26 heavy (non-hydrogen) atoms. The Labute approximate surface area is 160 Å². The van der Waals surface area contributed by atoms with Gasteiger partial charge in [-0.2, -0.15) is 0 Å². The third-order valence-corrected chi connectivity index (χ3v) is 5.35. The van der Waals surface area contributed by atoms with Crippen molar-refractivity contribution in [2.45, 2.75) is 26.2 Å². The first-order chi connectivity index (χ1) is 12.4. The van der Waals surface area contributed by atoms with E-state index in [-0.39, 0.29) is 11.6 Å². The zero-order chi connectivity index (χ0) is 18.8. The Balaban J connectivity index is 2.14. The molecule has 0 aromatic heterocycles. The average molecular weight is 415 g/mol. The highest BCUT2D eigenvalue weighted by Gasteiger charge is 2.46. The van der Waals surface area contributed by atoms with Crippen molar-refractivity contribution < 1.29 is 19.1 Å². The number of benzene rings is 2. The minimum Gasteiger partial charge on any atom is -0.426 e. The standard InChI is InChI=1S/C21H19BrO4/c1-3-15(20(24)13-7-5-4-6-8-13)19-16-11-14(22)9-10-17(16)26-21(25)18(19)12(2)23/h4-11,15,18-19H,3H2,1-2H3/t15-,18-,19+/m0/s1. The van der Waals surface area contributed by atoms with Gasteiger partial charge in [-0.05, 0) is 31.5 Å². The fraction of sp³-hybridized carbons (Fsp3) is 0.286. The summed E-state index contributed by atoms with van der Waals surface area (Å²) in [4.78, 5) is 37.9. The van der Waals surface area contributed by atoms with Crippen LogP contribution in [0.15, 0.2) is 53.0 Å². The van der Waals surface area contributed by atoms with Crippen molar-refractivity contribution in [3.05, 3.63) is 64.1 Å². The first-order valence-electron chi connectivity index (χ1n) is 8.55. The van der Waals surface area contributed by atoms with Gasteiger partial charge in [0, 0.05) is 27.4 Å². The lowest BCUT2D eigenvalue weighted by Crippen LogP contribution is -2.41. The highest BCUT2D eigenvalue weighted by molar-refractivity contribution is 9.10. The Hall–Kier alpha value is -2.27. The molecule has 0 bridgehead atoms. The van der Waals surface area contributed by atoms with Crippen LogP contribution in [0.25, 0.3) is 0 Å². The van der Waals surface area contributed by atoms with Crippen LogP contribution < -0.4 is 4.74 Å². The van der Waals surface area contributed by atoms with Crippen LogP contribution in [0.1, 0.15) is 42.1 Å². The van der Waals surface area contributed by atoms with Crippen LogP contribution in [0.2, 0.25) is 0 Å². The summed E-state index contributed by atoms with van der Waals surface area (Å²) < 4.78 is 6.19. The number of rotatable bonds is 5. The Morgan fingerprint density at radius 3 is 2.46 bits per heavy atom. The van der Waals surface area contributed by atoms with Gasteiger partial charge in [0.25, 0.3) is 0 Å². The summed E-state index contributed by atoms with van der Waals surface area (Å²) in [7, 11) is 0. The van der Waals surface area contributed by atoms with Crippen LogP contribution >= 0.6 is 15.9 Å². The van der Waals surface area contributed by atoms with E-state index in [1.165, 1.54) is 6.92 Å². The highest BCUT2D eigenvalue weighted by Crippen LogP contribution is 2.45. The predicted molar refractivity (Wildman–Crippen MR) is 101 cm³/mol. The monoisotopic (exact) mass is 414 g/mol. The number of ether oxygens (including phenoxy) is 1. The molecule has 0 amide bonds. The van der Waals surface area contributed by atoms with Gasteiger partial charge in [-0.15, -0.1) is 0 Å². The van der Waals surface area contributed by atoms with Crippen LogP contribution in [0.5, 0.6) is 5.75 Å². The van der Waals surface area contributed by atoms with E-state index in [2.05, 4.69) is 15.9 Å². The number of carbonyl (C=O) groups excluding carboxylic acids is 3. The normalized spacial score (nSPS) is 20.0. The lowest BCUT2D eigenvalue weighted by atomic mass is 9.70. The Kier molecular flexibility index (Phi) is 5.37. The molecule has 2 aromatic carbocycles. The quantitative estimate of drug-likeness (QED) is 0.311. The van der Waals surface area contributed by atoms with E-state index in [4.69, 9.17) is 4.74 Å². The molecule has 5 heteroatoms. The fourth-order valence-electron chi connectivity index (χ4n) is 3.66. The molecule has 0 radical (unpaired) electrons. The highest BCUT2D eigenvalue weighted by atomic mass is 79.9. The van der Waals surface area contributed by atoms with Crippen LogP contribution in [0.4, 0.5) is 0 Å². The predicted octanol–water partition coefficient (Wildman–Crippen LogP) is 4.57. The van der Waals surface area contributed by atoms with Crippen LogP contribution in [-0.4, -0.2) is 17.5 Å². The Bertz CT molecular complexity index is 860. The molecule has 0 saturated carbocycles. The van der Waals surface area contributed by atoms with Gasteiger partial charge < -0.3 is 4.74 Å². The second-order valence-corrected chi connectivity index (χ2v) is 7.38. The molecule has 3 rings (SSSR count). The van der Waals surface area contributed by atoms with Crippen molar-refractivity contribution in [2.75, 3.05) is 0 Å². The summed E-state index contributed by atoms with van der Waals surface area (Å²) in [5, 5.41) is 0. The molecule has 0 N–H and O–H groups in total. The number of fused-ring (bicyclic) bond motifs is 1. The maximum atomic E-state index is 13.2. The maximum Gasteiger partial charge on any atom is 0.322 e. The smallest absolute Gasteiger partial charge is 0.322 e. The van der Waals surface area contributed by atoms with E-state index in [1.807, 2.05) is 31.2 Å². The van der Waals surface area contributed by atoms with Gasteiger partial charge in [-0.3, -0.25) is 14.4 Å². The fourth-order valence-corrected chi connectivity index (χ4v) is 4.04. The van der Waals surface area contributed by atoms with Crippen molar-refractivity contribution in [2.24, 2.45) is 11.8 Å². The molecule has 0 aliphatic carbocycles. The number of Topliss-reactive ketones (excluding diaryl/α,β-unsaturated/α-hetero) is 2. The number of halogens is 1. The molecule has 0 spiro atoms. The molecular formula is C21H19BrO4. The van der Waals surface area contributed by atoms with E-state index in [0.29, 0.717) is 17.7 Å². The molecule has 0 saturated heterocycles. The van der Waals surface area contributed by atoms with Gasteiger partial charge in [-0.25, -0.2) is 0 Å². The zero-order valence-electron chi connectivity index (χ0n) is 14.6. The third-order valence-electron chi connectivity index (χ3n) is 4.86. The van der Waals surface area contributed by atoms with E-state index >= 15 is 0 Å². The number of hydrogen-bond donors (Lipinski definition) is 0. The van der Waals surface area contributed by atoms with Crippen molar-refractivity contribution in [1.29, 1.82) is 0 Å². The van der Waals surface area contributed by atoms with Gasteiger partial charge >= 0.3 is 5.97 Å². The lowest BCUT2D eigenvalue weighted by molar-refractivity contribution is -0.146. The van der Waals surface area contributed by atoms with E-state index in [1.54, 1.807) is 24.3 Å². The van der Waals surface area contributed by atoms with Gasteiger partial charge in [0.1, 0.15) is 17.5 Å². The number of ketones is 2. The van der Waals surface area contributed by atoms with Crippen molar-refractivity contribution in [1.82, 2.24) is 0 Å². The first-order valence-corrected chi connectivity index (χ1v) is 9.34. The molecule has 1 heterocycles. The number of esters is 1. The van der Waals surface area contributed by atoms with Crippen LogP contribution in [0, 0.1) is 11.8 Å². The van der Waals surface area contributed by atoms with Gasteiger partial charge in [-0.1, -0.05) is 53.2 Å². The third kappa shape index (κ3) is 3.36. The minimum absolute atomic E-state index is 0.0648. The summed E-state index contributed by atoms with van der Waals surface area (Å²) in [6.07, 6.45) is 0.515. The SMILES string of the molecule is CC[C@H](C(=O)c1ccccc1)[C@@H]1c2cc(Br)ccc2OC(=O)[C@H]1C(C)=O. The first kappa shape index (κ1) is 18.5. The molecule has 0 unspecified atom stereocenters. The summed E-state index contributed by atoms with van der Waals surface area (Å²) in [5.74, 6) is -2.54. The van der Waals surface area contributed by atoms with Gasteiger partial charge in [0.2, 0.25) is 0 Å². The number of carbonyl (C=O) groups is 3. The molecule has 2 aromatic rings. The molecule has 3 atom stereocenters.